The van der Waals surface area contributed by atoms with Crippen molar-refractivity contribution in [2.75, 3.05) is 18.5 Å². The van der Waals surface area contributed by atoms with E-state index >= 15 is 0 Å². The van der Waals surface area contributed by atoms with Crippen LogP contribution in [-0.4, -0.2) is 36.2 Å². The maximum absolute atomic E-state index is 12.3. The summed E-state index contributed by atoms with van der Waals surface area (Å²) in [5.41, 5.74) is 7.48. The second-order valence-electron chi connectivity index (χ2n) is 5.34. The third-order valence-electron chi connectivity index (χ3n) is 3.34. The van der Waals surface area contributed by atoms with E-state index in [1.54, 1.807) is 36.4 Å². The van der Waals surface area contributed by atoms with Gasteiger partial charge in [0.2, 0.25) is 0 Å². The molecule has 1 atom stereocenters. The molecule has 0 saturated heterocycles. The first-order valence-electron chi connectivity index (χ1n) is 7.92. The van der Waals surface area contributed by atoms with Crippen molar-refractivity contribution in [2.45, 2.75) is 12.5 Å². The van der Waals surface area contributed by atoms with Gasteiger partial charge in [0.25, 0.3) is 0 Å². The van der Waals surface area contributed by atoms with Crippen molar-refractivity contribution in [3.63, 3.8) is 0 Å². The van der Waals surface area contributed by atoms with Crippen molar-refractivity contribution >= 4 is 29.2 Å². The van der Waals surface area contributed by atoms with Crippen molar-refractivity contribution in [3.05, 3.63) is 65.2 Å². The van der Waals surface area contributed by atoms with Gasteiger partial charge in [-0.05, 0) is 35.9 Å². The highest BCUT2D eigenvalue weighted by Gasteiger charge is 2.18. The molecular formula is C18H20ClN4O3. The molecule has 2 aromatic carbocycles. The van der Waals surface area contributed by atoms with Crippen LogP contribution in [0.4, 0.5) is 10.5 Å². The lowest BCUT2D eigenvalue weighted by Crippen LogP contribution is -2.47. The number of halogens is 1. The van der Waals surface area contributed by atoms with Gasteiger partial charge in [-0.2, -0.15) is 0 Å². The third kappa shape index (κ3) is 6.62. The molecule has 8 heteroatoms. The zero-order valence-corrected chi connectivity index (χ0v) is 14.7. The number of hydrogen-bond acceptors (Lipinski definition) is 4. The predicted molar refractivity (Wildman–Crippen MR) is 101 cm³/mol. The molecule has 1 unspecified atom stereocenters. The quantitative estimate of drug-likeness (QED) is 0.245. The summed E-state index contributed by atoms with van der Waals surface area (Å²) in [5, 5.41) is 18.5. The highest BCUT2D eigenvalue weighted by Crippen LogP contribution is 2.13. The van der Waals surface area contributed by atoms with E-state index < -0.39 is 12.1 Å². The number of urea groups is 1. The minimum atomic E-state index is -0.594. The van der Waals surface area contributed by atoms with Gasteiger partial charge in [0.1, 0.15) is 6.61 Å². The minimum absolute atomic E-state index is 0.0185. The molecule has 0 aliphatic carbocycles. The molecule has 0 aliphatic rings. The molecule has 0 fully saturated rings. The summed E-state index contributed by atoms with van der Waals surface area (Å²) >= 11 is 5.83. The van der Waals surface area contributed by atoms with Crippen LogP contribution in [0, 0.1) is 6.07 Å². The Morgan fingerprint density at radius 3 is 2.62 bits per heavy atom. The number of hydrogen-bond donors (Lipinski definition) is 4. The Labute approximate surface area is 156 Å². The number of anilines is 1. The number of nitrogens with one attached hydrogen (secondary N) is 2. The fraction of sp³-hybridized carbons (Fsp3) is 0.222. The van der Waals surface area contributed by atoms with Crippen LogP contribution >= 0.6 is 11.6 Å². The van der Waals surface area contributed by atoms with Crippen molar-refractivity contribution in [1.82, 2.24) is 5.32 Å². The number of nitrogens with zero attached hydrogens (tertiary/aromatic N) is 1. The number of amides is 2. The maximum atomic E-state index is 12.3. The van der Waals surface area contributed by atoms with E-state index in [1.165, 1.54) is 0 Å². The zero-order chi connectivity index (χ0) is 18.8. The fourth-order valence-corrected chi connectivity index (χ4v) is 2.23. The maximum Gasteiger partial charge on any atom is 0.319 e. The fourth-order valence-electron chi connectivity index (χ4n) is 2.11. The average molecular weight is 376 g/mol. The molecule has 1 radical (unpaired) electrons. The van der Waals surface area contributed by atoms with Crippen molar-refractivity contribution < 1.29 is 14.7 Å². The van der Waals surface area contributed by atoms with Gasteiger partial charge in [-0.1, -0.05) is 41.0 Å². The van der Waals surface area contributed by atoms with Gasteiger partial charge >= 0.3 is 6.03 Å². The van der Waals surface area contributed by atoms with E-state index in [-0.39, 0.29) is 19.0 Å². The molecule has 2 aromatic rings. The standard InChI is InChI=1S/C18H20ClN4O3/c19-14-6-8-15(9-7-14)21-18(25)22-16(17(20)23-26-11-10-24)12-13-4-2-1-3-5-13/h2-9,16,24H,10-12H2,(H2,20,23)(H2,21,22,25). The van der Waals surface area contributed by atoms with E-state index in [4.69, 9.17) is 27.3 Å². The topological polar surface area (TPSA) is 109 Å². The van der Waals surface area contributed by atoms with Crippen molar-refractivity contribution in [2.24, 2.45) is 10.9 Å². The highest BCUT2D eigenvalue weighted by molar-refractivity contribution is 6.30. The Bertz CT molecular complexity index is 723. The number of benzene rings is 2. The van der Waals surface area contributed by atoms with Crippen molar-refractivity contribution in [3.8, 4) is 0 Å². The van der Waals surface area contributed by atoms with Gasteiger partial charge in [0.05, 0.1) is 12.6 Å². The minimum Gasteiger partial charge on any atom is -0.393 e. The zero-order valence-electron chi connectivity index (χ0n) is 14.0. The predicted octanol–water partition coefficient (Wildman–Crippen LogP) is 2.15. The lowest BCUT2D eigenvalue weighted by Gasteiger charge is -2.18. The lowest BCUT2D eigenvalue weighted by molar-refractivity contribution is 0.0975. The average Bonchev–Trinajstić information content (AvgIpc) is 2.64. The van der Waals surface area contributed by atoms with Crippen molar-refractivity contribution in [1.29, 1.82) is 0 Å². The number of carbonyl (C=O) groups is 1. The number of carbonyl (C=O) groups excluding carboxylic acids is 1. The third-order valence-corrected chi connectivity index (χ3v) is 3.60. The molecule has 0 spiro atoms. The molecule has 5 N–H and O–H groups in total. The summed E-state index contributed by atoms with van der Waals surface area (Å²) in [4.78, 5) is 17.2. The SMILES string of the molecule is NC(=NOCCO)C(Cc1cc[c]cc1)NC(=O)Nc1ccc(Cl)cc1. The summed E-state index contributed by atoms with van der Waals surface area (Å²) in [5.74, 6) is 0.0949. The molecule has 2 rings (SSSR count). The second kappa shape index (κ2) is 10.3. The first-order valence-corrected chi connectivity index (χ1v) is 8.30. The molecule has 2 amide bonds. The number of oxime groups is 1. The summed E-state index contributed by atoms with van der Waals surface area (Å²) < 4.78 is 0. The molecule has 0 heterocycles. The van der Waals surface area contributed by atoms with Gasteiger partial charge in [-0.15, -0.1) is 0 Å². The molecular weight excluding hydrogens is 356 g/mol. The highest BCUT2D eigenvalue weighted by atomic mass is 35.5. The van der Waals surface area contributed by atoms with Gasteiger partial charge in [-0.3, -0.25) is 0 Å². The van der Waals surface area contributed by atoms with E-state index in [9.17, 15) is 4.79 Å². The number of nitrogens with two attached hydrogens (primary N) is 1. The van der Waals surface area contributed by atoms with E-state index in [0.29, 0.717) is 17.1 Å². The van der Waals surface area contributed by atoms with Crippen LogP contribution in [0.5, 0.6) is 0 Å². The number of aliphatic hydroxyl groups is 1. The summed E-state index contributed by atoms with van der Waals surface area (Å²) in [7, 11) is 0. The van der Waals surface area contributed by atoms with Crippen LogP contribution in [0.2, 0.25) is 5.02 Å². The van der Waals surface area contributed by atoms with Crippen LogP contribution in [0.1, 0.15) is 5.56 Å². The first kappa shape index (κ1) is 19.6. The second-order valence-corrected chi connectivity index (χ2v) is 5.78. The van der Waals surface area contributed by atoms with Crippen LogP contribution in [0.15, 0.2) is 53.7 Å². The Morgan fingerprint density at radius 1 is 1.27 bits per heavy atom. The van der Waals surface area contributed by atoms with Crippen LogP contribution < -0.4 is 16.4 Å². The first-order chi connectivity index (χ1) is 12.6. The molecule has 137 valence electrons. The lowest BCUT2D eigenvalue weighted by atomic mass is 10.1. The molecule has 0 saturated carbocycles. The van der Waals surface area contributed by atoms with Crippen LogP contribution in [0.25, 0.3) is 0 Å². The monoisotopic (exact) mass is 375 g/mol. The smallest absolute Gasteiger partial charge is 0.319 e. The largest absolute Gasteiger partial charge is 0.393 e. The normalized spacial score (nSPS) is 12.3. The van der Waals surface area contributed by atoms with E-state index in [1.807, 2.05) is 12.1 Å². The summed E-state index contributed by atoms with van der Waals surface area (Å²) in [6, 6.07) is 15.9. The molecule has 0 aromatic heterocycles. The van der Waals surface area contributed by atoms with Crippen LogP contribution in [0.3, 0.4) is 0 Å². The number of aliphatic hydroxyl groups excluding tert-OH is 1. The van der Waals surface area contributed by atoms with E-state index in [0.717, 1.165) is 5.56 Å². The van der Waals surface area contributed by atoms with Gasteiger partial charge in [0.15, 0.2) is 5.84 Å². The Hall–Kier alpha value is -2.77. The number of amidine groups is 1. The van der Waals surface area contributed by atoms with E-state index in [2.05, 4.69) is 21.9 Å². The molecule has 0 aliphatic heterocycles. The molecule has 0 bridgehead atoms. The molecule has 7 nitrogen and oxygen atoms in total. The number of rotatable bonds is 8. The van der Waals surface area contributed by atoms with Gasteiger partial charge < -0.3 is 26.3 Å². The molecule has 26 heavy (non-hydrogen) atoms. The van der Waals surface area contributed by atoms with Gasteiger partial charge in [-0.25, -0.2) is 4.79 Å². The Balaban J connectivity index is 2.05. The summed E-state index contributed by atoms with van der Waals surface area (Å²) in [6.07, 6.45) is 0.417. The Morgan fingerprint density at radius 2 is 1.96 bits per heavy atom. The Kier molecular flexibility index (Phi) is 7.73. The van der Waals surface area contributed by atoms with Gasteiger partial charge in [0, 0.05) is 17.1 Å². The van der Waals surface area contributed by atoms with Crippen LogP contribution in [-0.2, 0) is 11.3 Å². The summed E-state index contributed by atoms with van der Waals surface area (Å²) in [6.45, 7) is -0.162.